The molecule has 0 radical (unpaired) electrons. The molecule has 114 valence electrons. The number of para-hydroxylation sites is 1. The number of anilines is 1. The van der Waals surface area contributed by atoms with Crippen LogP contribution in [0.4, 0.5) is 5.69 Å². The maximum Gasteiger partial charge on any atom is 0.242 e. The number of ketones is 1. The van der Waals surface area contributed by atoms with Gasteiger partial charge >= 0.3 is 0 Å². The lowest BCUT2D eigenvalue weighted by Gasteiger charge is -2.28. The molecule has 0 bridgehead atoms. The molecule has 0 spiro atoms. The average molecular weight is 316 g/mol. The Balaban J connectivity index is 2.50. The van der Waals surface area contributed by atoms with Crippen LogP contribution in [0.5, 0.6) is 0 Å². The Kier molecular flexibility index (Phi) is 5.34. The summed E-state index contributed by atoms with van der Waals surface area (Å²) in [4.78, 5) is 26.5. The summed E-state index contributed by atoms with van der Waals surface area (Å²) in [5.74, 6) is -0.444. The number of amides is 1. The standard InChI is InChI=1S/C18H18ClNO2/c1-13(2)20(17(21)12-19)16-11-7-6-10-15(16)18(22)14-8-4-3-5-9-14/h3-11,13H,12H2,1-2H3. The van der Waals surface area contributed by atoms with Gasteiger partial charge in [-0.3, -0.25) is 9.59 Å². The number of rotatable bonds is 5. The van der Waals surface area contributed by atoms with Crippen molar-refractivity contribution < 1.29 is 9.59 Å². The zero-order chi connectivity index (χ0) is 16.1. The third kappa shape index (κ3) is 3.37. The van der Waals surface area contributed by atoms with Crippen molar-refractivity contribution in [1.82, 2.24) is 0 Å². The zero-order valence-electron chi connectivity index (χ0n) is 12.6. The third-order valence-electron chi connectivity index (χ3n) is 3.34. The molecular formula is C18H18ClNO2. The number of alkyl halides is 1. The van der Waals surface area contributed by atoms with Crippen LogP contribution in [0.3, 0.4) is 0 Å². The molecule has 0 unspecified atom stereocenters. The summed E-state index contributed by atoms with van der Waals surface area (Å²) in [7, 11) is 0. The van der Waals surface area contributed by atoms with Crippen LogP contribution >= 0.6 is 11.6 Å². The van der Waals surface area contributed by atoms with Crippen molar-refractivity contribution >= 4 is 29.0 Å². The van der Waals surface area contributed by atoms with E-state index in [4.69, 9.17) is 11.6 Å². The summed E-state index contributed by atoms with van der Waals surface area (Å²) in [6.45, 7) is 3.79. The summed E-state index contributed by atoms with van der Waals surface area (Å²) in [6, 6.07) is 16.1. The van der Waals surface area contributed by atoms with Crippen molar-refractivity contribution in [2.45, 2.75) is 19.9 Å². The molecule has 0 aliphatic carbocycles. The second-order valence-electron chi connectivity index (χ2n) is 5.20. The van der Waals surface area contributed by atoms with Crippen LogP contribution < -0.4 is 4.90 Å². The van der Waals surface area contributed by atoms with E-state index < -0.39 is 0 Å². The lowest BCUT2D eigenvalue weighted by atomic mass is 10.0. The van der Waals surface area contributed by atoms with E-state index in [1.54, 1.807) is 35.2 Å². The summed E-state index contributed by atoms with van der Waals surface area (Å²) in [5.41, 5.74) is 1.69. The van der Waals surface area contributed by atoms with Crippen LogP contribution in [0.2, 0.25) is 0 Å². The average Bonchev–Trinajstić information content (AvgIpc) is 2.55. The van der Waals surface area contributed by atoms with Crippen molar-refractivity contribution in [2.75, 3.05) is 10.8 Å². The fourth-order valence-electron chi connectivity index (χ4n) is 2.39. The molecule has 0 aliphatic rings. The van der Waals surface area contributed by atoms with Crippen LogP contribution in [0.1, 0.15) is 29.8 Å². The van der Waals surface area contributed by atoms with Gasteiger partial charge in [0, 0.05) is 17.2 Å². The number of benzene rings is 2. The predicted octanol–water partition coefficient (Wildman–Crippen LogP) is 3.90. The maximum absolute atomic E-state index is 12.7. The molecule has 0 fully saturated rings. The van der Waals surface area contributed by atoms with Gasteiger partial charge in [-0.2, -0.15) is 0 Å². The highest BCUT2D eigenvalue weighted by Crippen LogP contribution is 2.25. The predicted molar refractivity (Wildman–Crippen MR) is 89.7 cm³/mol. The molecule has 2 rings (SSSR count). The molecule has 0 saturated heterocycles. The van der Waals surface area contributed by atoms with E-state index in [-0.39, 0.29) is 23.6 Å². The first-order valence-corrected chi connectivity index (χ1v) is 7.66. The second kappa shape index (κ2) is 7.23. The summed E-state index contributed by atoms with van der Waals surface area (Å²) in [6.07, 6.45) is 0. The number of halogens is 1. The van der Waals surface area contributed by atoms with E-state index in [0.29, 0.717) is 16.8 Å². The fourth-order valence-corrected chi connectivity index (χ4v) is 2.51. The number of nitrogens with zero attached hydrogens (tertiary/aromatic N) is 1. The van der Waals surface area contributed by atoms with Crippen molar-refractivity contribution in [3.8, 4) is 0 Å². The number of carbonyl (C=O) groups is 2. The van der Waals surface area contributed by atoms with Crippen molar-refractivity contribution in [3.05, 3.63) is 65.7 Å². The molecule has 4 heteroatoms. The lowest BCUT2D eigenvalue weighted by molar-refractivity contribution is -0.116. The number of carbonyl (C=O) groups excluding carboxylic acids is 2. The summed E-state index contributed by atoms with van der Waals surface area (Å²) in [5, 5.41) is 0. The Morgan fingerprint density at radius 3 is 2.18 bits per heavy atom. The minimum absolute atomic E-state index is 0.0871. The zero-order valence-corrected chi connectivity index (χ0v) is 13.4. The van der Waals surface area contributed by atoms with Crippen LogP contribution in [0, 0.1) is 0 Å². The van der Waals surface area contributed by atoms with Crippen molar-refractivity contribution in [3.63, 3.8) is 0 Å². The molecule has 0 atom stereocenters. The highest BCUT2D eigenvalue weighted by Gasteiger charge is 2.23. The molecule has 22 heavy (non-hydrogen) atoms. The van der Waals surface area contributed by atoms with Crippen LogP contribution in [0.15, 0.2) is 54.6 Å². The Hall–Kier alpha value is -2.13. The quantitative estimate of drug-likeness (QED) is 0.620. The van der Waals surface area contributed by atoms with Gasteiger partial charge < -0.3 is 4.90 Å². The first-order valence-electron chi connectivity index (χ1n) is 7.13. The summed E-state index contributed by atoms with van der Waals surface area (Å²) < 4.78 is 0. The molecule has 0 heterocycles. The topological polar surface area (TPSA) is 37.4 Å². The Labute approximate surface area is 135 Å². The minimum Gasteiger partial charge on any atom is -0.308 e. The van der Waals surface area contributed by atoms with Gasteiger partial charge in [0.05, 0.1) is 5.69 Å². The summed E-state index contributed by atoms with van der Waals surface area (Å²) >= 11 is 5.71. The van der Waals surface area contributed by atoms with Crippen LogP contribution in [-0.2, 0) is 4.79 Å². The van der Waals surface area contributed by atoms with E-state index in [9.17, 15) is 9.59 Å². The van der Waals surface area contributed by atoms with Crippen LogP contribution in [0.25, 0.3) is 0 Å². The van der Waals surface area contributed by atoms with Gasteiger partial charge in [0.1, 0.15) is 5.88 Å². The van der Waals surface area contributed by atoms with Gasteiger partial charge in [-0.05, 0) is 26.0 Å². The third-order valence-corrected chi connectivity index (χ3v) is 3.57. The molecular weight excluding hydrogens is 298 g/mol. The second-order valence-corrected chi connectivity index (χ2v) is 5.47. The van der Waals surface area contributed by atoms with Crippen molar-refractivity contribution in [2.24, 2.45) is 0 Å². The molecule has 2 aromatic carbocycles. The number of hydrogen-bond donors (Lipinski definition) is 0. The van der Waals surface area contributed by atoms with E-state index in [2.05, 4.69) is 0 Å². The fraction of sp³-hybridized carbons (Fsp3) is 0.222. The van der Waals surface area contributed by atoms with Crippen molar-refractivity contribution in [1.29, 1.82) is 0 Å². The normalized spacial score (nSPS) is 10.5. The van der Waals surface area contributed by atoms with Crippen LogP contribution in [-0.4, -0.2) is 23.6 Å². The Morgan fingerprint density at radius 1 is 1.00 bits per heavy atom. The lowest BCUT2D eigenvalue weighted by Crippen LogP contribution is -2.38. The van der Waals surface area contributed by atoms with Gasteiger partial charge in [-0.25, -0.2) is 0 Å². The first-order chi connectivity index (χ1) is 10.6. The molecule has 1 amide bonds. The molecule has 0 N–H and O–H groups in total. The van der Waals surface area contributed by atoms with E-state index in [1.165, 1.54) is 0 Å². The molecule has 3 nitrogen and oxygen atoms in total. The largest absolute Gasteiger partial charge is 0.308 e. The highest BCUT2D eigenvalue weighted by atomic mass is 35.5. The van der Waals surface area contributed by atoms with Gasteiger partial charge in [0.15, 0.2) is 5.78 Å². The van der Waals surface area contributed by atoms with Gasteiger partial charge in [-0.1, -0.05) is 42.5 Å². The van der Waals surface area contributed by atoms with Gasteiger partial charge in [0.25, 0.3) is 0 Å². The minimum atomic E-state index is -0.218. The van der Waals surface area contributed by atoms with Gasteiger partial charge in [-0.15, -0.1) is 11.6 Å². The molecule has 0 saturated carbocycles. The number of hydrogen-bond acceptors (Lipinski definition) is 2. The monoisotopic (exact) mass is 315 g/mol. The molecule has 0 aliphatic heterocycles. The SMILES string of the molecule is CC(C)N(C(=O)CCl)c1ccccc1C(=O)c1ccccc1. The van der Waals surface area contributed by atoms with E-state index in [1.807, 2.05) is 38.1 Å². The Morgan fingerprint density at radius 2 is 1.59 bits per heavy atom. The Bertz CT molecular complexity index is 668. The molecule has 2 aromatic rings. The van der Waals surface area contributed by atoms with E-state index in [0.717, 1.165) is 0 Å². The first kappa shape index (κ1) is 16.2. The maximum atomic E-state index is 12.7. The van der Waals surface area contributed by atoms with Gasteiger partial charge in [0.2, 0.25) is 5.91 Å². The van der Waals surface area contributed by atoms with E-state index >= 15 is 0 Å². The highest BCUT2D eigenvalue weighted by molar-refractivity contribution is 6.30. The smallest absolute Gasteiger partial charge is 0.242 e. The molecule has 0 aromatic heterocycles.